The second kappa shape index (κ2) is 13.8. The number of alkyl carbamates (subject to hydrolysis) is 1. The Balaban J connectivity index is 1.70. The lowest BCUT2D eigenvalue weighted by molar-refractivity contribution is -0.159. The molecule has 1 aromatic carbocycles. The number of ether oxygens (including phenoxy) is 3. The van der Waals surface area contributed by atoms with Crippen LogP contribution in [-0.2, 0) is 35.2 Å². The van der Waals surface area contributed by atoms with Crippen molar-refractivity contribution in [2.75, 3.05) is 6.61 Å². The van der Waals surface area contributed by atoms with E-state index in [0.29, 0.717) is 25.9 Å². The van der Waals surface area contributed by atoms with Crippen molar-refractivity contribution in [3.8, 4) is 0 Å². The topological polar surface area (TPSA) is 120 Å². The zero-order chi connectivity index (χ0) is 28.5. The van der Waals surface area contributed by atoms with Crippen LogP contribution in [0.2, 0.25) is 0 Å². The number of rotatable bonds is 10. The summed E-state index contributed by atoms with van der Waals surface area (Å²) < 4.78 is 16.2. The molecule has 0 heterocycles. The summed E-state index contributed by atoms with van der Waals surface area (Å²) in [4.78, 5) is 52.0. The summed E-state index contributed by atoms with van der Waals surface area (Å²) >= 11 is 0. The van der Waals surface area contributed by atoms with Crippen LogP contribution in [0.25, 0.3) is 0 Å². The van der Waals surface area contributed by atoms with E-state index in [9.17, 15) is 19.2 Å². The summed E-state index contributed by atoms with van der Waals surface area (Å²) in [5, 5.41) is 5.86. The van der Waals surface area contributed by atoms with Crippen LogP contribution < -0.4 is 10.6 Å². The third-order valence-corrected chi connectivity index (χ3v) is 7.46. The van der Waals surface area contributed by atoms with Gasteiger partial charge in [-0.2, -0.15) is 0 Å². The third-order valence-electron chi connectivity index (χ3n) is 7.46. The van der Waals surface area contributed by atoms with Crippen LogP contribution in [-0.4, -0.2) is 48.2 Å². The Bertz CT molecular complexity index is 983. The highest BCUT2D eigenvalue weighted by Gasteiger charge is 2.46. The molecule has 2 aliphatic rings. The Morgan fingerprint density at radius 2 is 1.69 bits per heavy atom. The van der Waals surface area contributed by atoms with E-state index in [2.05, 4.69) is 10.6 Å². The quantitative estimate of drug-likeness (QED) is 0.320. The molecule has 216 valence electrons. The van der Waals surface area contributed by atoms with E-state index in [1.54, 1.807) is 27.7 Å². The molecular formula is C30H44N2O7. The molecule has 0 spiro atoms. The number of carbonyl (C=O) groups is 4. The molecule has 1 aromatic rings. The minimum absolute atomic E-state index is 0.0582. The number of benzene rings is 1. The number of hydrogen-bond acceptors (Lipinski definition) is 7. The molecule has 2 N–H and O–H groups in total. The van der Waals surface area contributed by atoms with E-state index in [-0.39, 0.29) is 36.9 Å². The predicted octanol–water partition coefficient (Wildman–Crippen LogP) is 4.81. The van der Waals surface area contributed by atoms with Crippen molar-refractivity contribution in [1.82, 2.24) is 10.6 Å². The number of esters is 2. The number of nitrogens with one attached hydrogen (secondary N) is 2. The van der Waals surface area contributed by atoms with E-state index >= 15 is 0 Å². The molecule has 3 atom stereocenters. The summed E-state index contributed by atoms with van der Waals surface area (Å²) in [6.07, 6.45) is 5.20. The van der Waals surface area contributed by atoms with Gasteiger partial charge in [0.2, 0.25) is 5.91 Å². The maximum atomic E-state index is 13.8. The zero-order valence-corrected chi connectivity index (χ0v) is 23.8. The summed E-state index contributed by atoms with van der Waals surface area (Å²) in [5.74, 6) is -1.17. The first-order chi connectivity index (χ1) is 18.5. The van der Waals surface area contributed by atoms with Crippen molar-refractivity contribution in [1.29, 1.82) is 0 Å². The molecule has 1 unspecified atom stereocenters. The Morgan fingerprint density at radius 1 is 1.00 bits per heavy atom. The van der Waals surface area contributed by atoms with Gasteiger partial charge in [-0.15, -0.1) is 0 Å². The monoisotopic (exact) mass is 544 g/mol. The first-order valence-corrected chi connectivity index (χ1v) is 14.2. The van der Waals surface area contributed by atoms with Crippen LogP contribution in [0.3, 0.4) is 0 Å². The van der Waals surface area contributed by atoms with Crippen molar-refractivity contribution in [2.45, 2.75) is 110 Å². The molecule has 2 amide bonds. The fraction of sp³-hybridized carbons (Fsp3) is 0.667. The number of carbonyl (C=O) groups excluding carboxylic acids is 4. The standard InChI is InChI=1S/C30H44N2O7/c1-5-37-25(33)22-14-11-15-23(18-22)31-27(35)30(16-9-10-17-30)19-24(26(34)39-29(2,3)4)32-28(36)38-20-21-12-7-6-8-13-21/h6-8,12-13,22-24H,5,9-11,14-20H2,1-4H3,(H,31,35)(H,32,36)/t22-,23+,24?/m1/s1. The largest absolute Gasteiger partial charge is 0.466 e. The van der Waals surface area contributed by atoms with Crippen LogP contribution >= 0.6 is 0 Å². The molecule has 0 radical (unpaired) electrons. The highest BCUT2D eigenvalue weighted by molar-refractivity contribution is 5.86. The fourth-order valence-electron chi connectivity index (χ4n) is 5.57. The Morgan fingerprint density at radius 3 is 2.33 bits per heavy atom. The van der Waals surface area contributed by atoms with Crippen molar-refractivity contribution in [2.24, 2.45) is 11.3 Å². The van der Waals surface area contributed by atoms with Crippen LogP contribution in [0.5, 0.6) is 0 Å². The molecule has 0 aliphatic heterocycles. The van der Waals surface area contributed by atoms with Crippen molar-refractivity contribution in [3.63, 3.8) is 0 Å². The highest BCUT2D eigenvalue weighted by Crippen LogP contribution is 2.43. The van der Waals surface area contributed by atoms with Crippen LogP contribution in [0, 0.1) is 11.3 Å². The van der Waals surface area contributed by atoms with Crippen LogP contribution in [0.15, 0.2) is 30.3 Å². The molecule has 39 heavy (non-hydrogen) atoms. The lowest BCUT2D eigenvalue weighted by Crippen LogP contribution is -2.52. The van der Waals surface area contributed by atoms with Gasteiger partial charge in [-0.1, -0.05) is 49.6 Å². The maximum Gasteiger partial charge on any atom is 0.408 e. The molecule has 0 aromatic heterocycles. The van der Waals surface area contributed by atoms with Crippen molar-refractivity contribution in [3.05, 3.63) is 35.9 Å². The van der Waals surface area contributed by atoms with Gasteiger partial charge in [0.05, 0.1) is 17.9 Å². The van der Waals surface area contributed by atoms with Crippen molar-refractivity contribution < 1.29 is 33.4 Å². The number of amides is 2. The van der Waals surface area contributed by atoms with Gasteiger partial charge < -0.3 is 24.8 Å². The van der Waals surface area contributed by atoms with Gasteiger partial charge in [0, 0.05) is 6.04 Å². The molecule has 2 aliphatic carbocycles. The summed E-state index contributed by atoms with van der Waals surface area (Å²) in [7, 11) is 0. The Kier molecular flexibility index (Phi) is 10.8. The summed E-state index contributed by atoms with van der Waals surface area (Å²) in [6, 6.07) is 8.08. The molecule has 2 saturated carbocycles. The molecule has 9 nitrogen and oxygen atoms in total. The van der Waals surface area contributed by atoms with Gasteiger partial charge in [0.25, 0.3) is 0 Å². The lowest BCUT2D eigenvalue weighted by atomic mass is 9.77. The normalized spacial score (nSPS) is 21.3. The third kappa shape index (κ3) is 9.25. The van der Waals surface area contributed by atoms with Gasteiger partial charge in [0.15, 0.2) is 0 Å². The SMILES string of the molecule is CCOC(=O)[C@@H]1CCC[C@H](NC(=O)C2(CC(NC(=O)OCc3ccccc3)C(=O)OC(C)(C)C)CCCC2)C1. The van der Waals surface area contributed by atoms with Gasteiger partial charge in [-0.05, 0) is 71.8 Å². The van der Waals surface area contributed by atoms with Gasteiger partial charge >= 0.3 is 18.0 Å². The van der Waals surface area contributed by atoms with E-state index < -0.39 is 29.1 Å². The maximum absolute atomic E-state index is 13.8. The minimum atomic E-state index is -1.05. The van der Waals surface area contributed by atoms with E-state index in [1.165, 1.54) is 0 Å². The molecule has 2 fully saturated rings. The van der Waals surface area contributed by atoms with Gasteiger partial charge in [0.1, 0.15) is 18.2 Å². The molecular weight excluding hydrogens is 500 g/mol. The van der Waals surface area contributed by atoms with Crippen LogP contribution in [0.4, 0.5) is 4.79 Å². The van der Waals surface area contributed by atoms with E-state index in [0.717, 1.165) is 37.7 Å². The van der Waals surface area contributed by atoms with E-state index in [1.807, 2.05) is 30.3 Å². The predicted molar refractivity (Wildman–Crippen MR) is 145 cm³/mol. The molecule has 3 rings (SSSR count). The average molecular weight is 545 g/mol. The summed E-state index contributed by atoms with van der Waals surface area (Å²) in [6.45, 7) is 7.46. The zero-order valence-electron chi connectivity index (χ0n) is 23.8. The average Bonchev–Trinajstić information content (AvgIpc) is 3.37. The summed E-state index contributed by atoms with van der Waals surface area (Å²) in [5.41, 5.74) is -0.771. The molecule has 0 saturated heterocycles. The lowest BCUT2D eigenvalue weighted by Gasteiger charge is -2.35. The fourth-order valence-corrected chi connectivity index (χ4v) is 5.57. The first-order valence-electron chi connectivity index (χ1n) is 14.2. The molecule has 9 heteroatoms. The first kappa shape index (κ1) is 30.4. The highest BCUT2D eigenvalue weighted by atomic mass is 16.6. The van der Waals surface area contributed by atoms with Crippen LogP contribution in [0.1, 0.15) is 91.0 Å². The van der Waals surface area contributed by atoms with Crippen molar-refractivity contribution >= 4 is 23.9 Å². The molecule has 0 bridgehead atoms. The van der Waals surface area contributed by atoms with Gasteiger partial charge in [-0.3, -0.25) is 9.59 Å². The number of hydrogen-bond donors (Lipinski definition) is 2. The Hall–Kier alpha value is -3.10. The minimum Gasteiger partial charge on any atom is -0.466 e. The Labute approximate surface area is 231 Å². The van der Waals surface area contributed by atoms with Gasteiger partial charge in [-0.25, -0.2) is 9.59 Å². The van der Waals surface area contributed by atoms with E-state index in [4.69, 9.17) is 14.2 Å². The second-order valence-corrected chi connectivity index (χ2v) is 11.8. The second-order valence-electron chi connectivity index (χ2n) is 11.8. The smallest absolute Gasteiger partial charge is 0.408 e.